The van der Waals surface area contributed by atoms with Crippen LogP contribution in [0.25, 0.3) is 269 Å². The van der Waals surface area contributed by atoms with Gasteiger partial charge >= 0.3 is 0 Å². The average Bonchev–Trinajstić information content (AvgIpc) is 1.52. The van der Waals surface area contributed by atoms with Crippen LogP contribution < -0.4 is 0 Å². The standard InChI is InChI=1S/C45H29NO.C44H27NO.C37H23NO/c1-46-40-24-11-9-16-30(40)36-22-13-23-37(44(36)46)39-27-29(26-38-31-17-10-12-25-41(31)47-45(38)39)43-34-20-7-5-18-32(34)42(28-14-3-2-4-15-28)33-19-6-8-21-35(33)43;1-2-14-28(15-3-1)41-31-18-4-6-20-33(31)42(34-21-7-5-19-32(34)41)36-26-27-39(44-43(36)35-22-10-13-25-40(35)46-44)45-37-23-11-8-16-29(37)30-17-9-12-24-38(30)45;1-2-11-24(12-3-1)35-28-15-4-6-17-30(28)36(31-18-7-5-16-29(31)35)26-21-32(25-13-10-20-38-23-25)37-33(22-26)27-14-8-9-19-34(27)39-37/h2-27H,1H3;1-27H;1-23H. The van der Waals surface area contributed by atoms with Crippen molar-refractivity contribution >= 4 is 174 Å². The summed E-state index contributed by atoms with van der Waals surface area (Å²) in [6, 6.07) is 161. The molecule has 0 saturated carbocycles. The SMILES string of the molecule is Cn1c2ccccc2c2cccc(-c3cc(-c4c5ccccc5c(-c5ccccc5)c5ccccc45)cc4c3oc3ccccc34)c21.c1ccc(-c2c3ccccc3c(-c3cc(-c4cccnc4)c4oc5ccccc5c4c3)c3ccccc23)cc1.c1ccc(-c2c3ccccc3c(-c3ccc(-n4c5ccccc5c5ccccc54)c4oc5ccccc5c34)c3ccccc23)cc1. The van der Waals surface area contributed by atoms with Gasteiger partial charge in [-0.1, -0.05) is 376 Å². The Bertz CT molecular complexity index is 9320. The van der Waals surface area contributed by atoms with Crippen LogP contribution in [0.2, 0.25) is 0 Å². The van der Waals surface area contributed by atoms with Crippen LogP contribution in [0.3, 0.4) is 0 Å². The summed E-state index contributed by atoms with van der Waals surface area (Å²) in [4.78, 5) is 4.43. The summed E-state index contributed by atoms with van der Waals surface area (Å²) in [6.07, 6.45) is 3.73. The number of benzene rings is 22. The highest BCUT2D eigenvalue weighted by atomic mass is 16.3. The molecule has 6 heteroatoms. The zero-order chi connectivity index (χ0) is 87.0. The van der Waals surface area contributed by atoms with Crippen molar-refractivity contribution in [1.29, 1.82) is 0 Å². The lowest BCUT2D eigenvalue weighted by molar-refractivity contribution is 0.666. The maximum atomic E-state index is 6.86. The van der Waals surface area contributed by atoms with Crippen LogP contribution in [0.5, 0.6) is 0 Å². The van der Waals surface area contributed by atoms with E-state index in [0.29, 0.717) is 0 Å². The highest BCUT2D eigenvalue weighted by Crippen LogP contribution is 2.54. The molecule has 6 heterocycles. The molecular weight excluding hydrogens is 1600 g/mol. The van der Waals surface area contributed by atoms with Crippen molar-refractivity contribution in [3.05, 3.63) is 461 Å². The topological polar surface area (TPSA) is 62.2 Å². The fraction of sp³-hybridized carbons (Fsp3) is 0.00794. The van der Waals surface area contributed by atoms with E-state index in [9.17, 15) is 0 Å². The molecule has 28 rings (SSSR count). The molecule has 6 aromatic heterocycles. The number of pyridine rings is 1. The highest BCUT2D eigenvalue weighted by Gasteiger charge is 2.28. The Morgan fingerprint density at radius 2 is 0.515 bits per heavy atom. The van der Waals surface area contributed by atoms with E-state index in [1.165, 1.54) is 181 Å². The maximum Gasteiger partial charge on any atom is 0.160 e. The Labute approximate surface area is 759 Å². The van der Waals surface area contributed by atoms with Gasteiger partial charge in [-0.25, -0.2) is 0 Å². The second-order valence-corrected chi connectivity index (χ2v) is 34.4. The molecule has 0 atom stereocenters. The van der Waals surface area contributed by atoms with Gasteiger partial charge in [-0.05, 0) is 204 Å². The van der Waals surface area contributed by atoms with Crippen LogP contribution in [-0.4, -0.2) is 14.1 Å². The van der Waals surface area contributed by atoms with E-state index in [4.69, 9.17) is 13.3 Å². The summed E-state index contributed by atoms with van der Waals surface area (Å²) in [5.74, 6) is 0. The summed E-state index contributed by atoms with van der Waals surface area (Å²) in [5.41, 5.74) is 30.3. The van der Waals surface area contributed by atoms with Crippen LogP contribution in [-0.2, 0) is 7.05 Å². The van der Waals surface area contributed by atoms with Gasteiger partial charge in [0.25, 0.3) is 0 Å². The van der Waals surface area contributed by atoms with Gasteiger partial charge in [0.1, 0.15) is 27.9 Å². The molecule has 0 aliphatic carbocycles. The fourth-order valence-electron chi connectivity index (χ4n) is 21.8. The molecule has 28 aromatic rings. The Morgan fingerprint density at radius 1 is 0.197 bits per heavy atom. The Morgan fingerprint density at radius 3 is 0.939 bits per heavy atom. The molecule has 6 nitrogen and oxygen atoms in total. The first-order chi connectivity index (χ1) is 65.5. The minimum Gasteiger partial charge on any atom is -0.455 e. The van der Waals surface area contributed by atoms with Gasteiger partial charge < -0.3 is 22.4 Å². The lowest BCUT2D eigenvalue weighted by Crippen LogP contribution is -1.96. The van der Waals surface area contributed by atoms with Crippen LogP contribution in [0.4, 0.5) is 0 Å². The van der Waals surface area contributed by atoms with E-state index in [1.807, 2.05) is 30.6 Å². The van der Waals surface area contributed by atoms with E-state index in [0.717, 1.165) is 88.2 Å². The number of para-hydroxylation sites is 7. The molecule has 0 amide bonds. The van der Waals surface area contributed by atoms with E-state index < -0.39 is 0 Å². The molecule has 22 aromatic carbocycles. The monoisotopic (exact) mass is 1680 g/mol. The van der Waals surface area contributed by atoms with E-state index in [-0.39, 0.29) is 0 Å². The largest absolute Gasteiger partial charge is 0.455 e. The Balaban J connectivity index is 0.000000104. The van der Waals surface area contributed by atoms with Crippen molar-refractivity contribution in [2.75, 3.05) is 0 Å². The van der Waals surface area contributed by atoms with Crippen LogP contribution in [0.15, 0.2) is 475 Å². The van der Waals surface area contributed by atoms with Gasteiger partial charge in [-0.3, -0.25) is 4.98 Å². The third-order valence-corrected chi connectivity index (χ3v) is 27.3. The van der Waals surface area contributed by atoms with Gasteiger partial charge in [0.05, 0.1) is 22.2 Å². The first kappa shape index (κ1) is 75.8. The van der Waals surface area contributed by atoms with Gasteiger partial charge in [0, 0.05) is 101 Å². The molecule has 0 spiro atoms. The molecule has 0 aliphatic rings. The normalized spacial score (nSPS) is 11.8. The van der Waals surface area contributed by atoms with Gasteiger partial charge in [-0.2, -0.15) is 0 Å². The van der Waals surface area contributed by atoms with Crippen molar-refractivity contribution in [2.45, 2.75) is 0 Å². The number of fused-ring (bicyclic) bond motifs is 21. The maximum absolute atomic E-state index is 6.86. The first-order valence-corrected chi connectivity index (χ1v) is 45.2. The lowest BCUT2D eigenvalue weighted by atomic mass is 9.85. The highest BCUT2D eigenvalue weighted by molar-refractivity contribution is 6.29. The molecule has 0 aliphatic heterocycles. The first-order valence-electron chi connectivity index (χ1n) is 45.2. The third-order valence-electron chi connectivity index (χ3n) is 27.3. The molecule has 0 bridgehead atoms. The molecule has 0 unspecified atom stereocenters. The van der Waals surface area contributed by atoms with E-state index in [2.05, 4.69) is 452 Å². The molecule has 0 N–H and O–H groups in total. The second kappa shape index (κ2) is 31.0. The predicted octanol–water partition coefficient (Wildman–Crippen LogP) is 35.2. The van der Waals surface area contributed by atoms with E-state index >= 15 is 0 Å². The lowest BCUT2D eigenvalue weighted by Gasteiger charge is -2.19. The zero-order valence-corrected chi connectivity index (χ0v) is 71.9. The van der Waals surface area contributed by atoms with Gasteiger partial charge in [-0.15, -0.1) is 0 Å². The number of hydrogen-bond acceptors (Lipinski definition) is 4. The number of hydrogen-bond donors (Lipinski definition) is 0. The van der Waals surface area contributed by atoms with Crippen molar-refractivity contribution in [2.24, 2.45) is 7.05 Å². The zero-order valence-electron chi connectivity index (χ0n) is 71.9. The summed E-state index contributed by atoms with van der Waals surface area (Å²) in [5, 5.41) is 26.6. The average molecular weight is 1680 g/mol. The molecule has 0 saturated heterocycles. The number of aromatic nitrogens is 3. The van der Waals surface area contributed by atoms with Crippen molar-refractivity contribution < 1.29 is 13.3 Å². The van der Waals surface area contributed by atoms with Crippen molar-refractivity contribution in [1.82, 2.24) is 14.1 Å². The smallest absolute Gasteiger partial charge is 0.160 e. The predicted molar refractivity (Wildman–Crippen MR) is 556 cm³/mol. The number of rotatable bonds is 9. The van der Waals surface area contributed by atoms with Crippen LogP contribution >= 0.6 is 0 Å². The van der Waals surface area contributed by atoms with Crippen molar-refractivity contribution in [3.63, 3.8) is 0 Å². The summed E-state index contributed by atoms with van der Waals surface area (Å²) in [7, 11) is 2.18. The van der Waals surface area contributed by atoms with Crippen LogP contribution in [0.1, 0.15) is 0 Å². The molecule has 0 radical (unpaired) electrons. The molecular formula is C126H79N3O3. The number of nitrogens with zero attached hydrogens (tertiary/aromatic N) is 3. The summed E-state index contributed by atoms with van der Waals surface area (Å²) in [6.45, 7) is 0. The Kier molecular flexibility index (Phi) is 17.8. The second-order valence-electron chi connectivity index (χ2n) is 34.4. The Hall–Kier alpha value is -17.5. The van der Waals surface area contributed by atoms with Gasteiger partial charge in [0.15, 0.2) is 5.58 Å². The third kappa shape index (κ3) is 12.0. The number of aryl methyl sites for hydroxylation is 1. The van der Waals surface area contributed by atoms with Gasteiger partial charge in [0.2, 0.25) is 0 Å². The van der Waals surface area contributed by atoms with Crippen molar-refractivity contribution in [3.8, 4) is 94.7 Å². The summed E-state index contributed by atoms with van der Waals surface area (Å²) < 4.78 is 24.8. The van der Waals surface area contributed by atoms with E-state index in [1.54, 1.807) is 0 Å². The minimum absolute atomic E-state index is 0.890. The molecule has 616 valence electrons. The minimum atomic E-state index is 0.890. The molecule has 0 fully saturated rings. The fourth-order valence-corrected chi connectivity index (χ4v) is 21.8. The quantitative estimate of drug-likeness (QED) is 0.135. The van der Waals surface area contributed by atoms with Crippen LogP contribution in [0, 0.1) is 0 Å². The summed E-state index contributed by atoms with van der Waals surface area (Å²) >= 11 is 0. The molecule has 132 heavy (non-hydrogen) atoms. The number of furan rings is 3.